The average molecular weight is 351 g/mol. The van der Waals surface area contributed by atoms with Gasteiger partial charge in [0.05, 0.1) is 5.02 Å². The highest BCUT2D eigenvalue weighted by molar-refractivity contribution is 6.30. The fourth-order valence-corrected chi connectivity index (χ4v) is 3.53. The Labute approximate surface area is 144 Å². The van der Waals surface area contributed by atoms with Crippen molar-refractivity contribution in [3.8, 4) is 0 Å². The summed E-state index contributed by atoms with van der Waals surface area (Å²) in [5.74, 6) is -0.404. The smallest absolute Gasteiger partial charge is 0.323 e. The van der Waals surface area contributed by atoms with E-state index in [4.69, 9.17) is 11.6 Å². The van der Waals surface area contributed by atoms with E-state index in [1.54, 1.807) is 12.1 Å². The monoisotopic (exact) mass is 350 g/mol. The van der Waals surface area contributed by atoms with Crippen molar-refractivity contribution in [3.63, 3.8) is 0 Å². The molecule has 4 amide bonds. The Kier molecular flexibility index (Phi) is 4.45. The van der Waals surface area contributed by atoms with Crippen molar-refractivity contribution >= 4 is 35.3 Å². The molecule has 1 saturated heterocycles. The lowest BCUT2D eigenvalue weighted by molar-refractivity contribution is -0.136. The molecule has 0 bridgehead atoms. The van der Waals surface area contributed by atoms with Gasteiger partial charge in [0.2, 0.25) is 5.91 Å². The molecule has 0 radical (unpaired) electrons. The Hall–Kier alpha value is -2.15. The van der Waals surface area contributed by atoms with E-state index in [-0.39, 0.29) is 18.4 Å². The van der Waals surface area contributed by atoms with Crippen LogP contribution >= 0.6 is 11.6 Å². The van der Waals surface area contributed by atoms with Gasteiger partial charge in [-0.25, -0.2) is 9.78 Å². The zero-order valence-electron chi connectivity index (χ0n) is 13.3. The second-order valence-corrected chi connectivity index (χ2v) is 6.79. The number of rotatable bonds is 3. The molecule has 1 aromatic heterocycles. The number of nitrogens with one attached hydrogen (secondary N) is 2. The predicted octanol–water partition coefficient (Wildman–Crippen LogP) is 2.17. The largest absolute Gasteiger partial charge is 0.325 e. The molecular weight excluding hydrogens is 332 g/mol. The average Bonchev–Trinajstić information content (AvgIpc) is 2.78. The van der Waals surface area contributed by atoms with Crippen LogP contribution in [0.5, 0.6) is 0 Å². The van der Waals surface area contributed by atoms with E-state index in [2.05, 4.69) is 15.6 Å². The van der Waals surface area contributed by atoms with Crippen molar-refractivity contribution in [2.24, 2.45) is 5.92 Å². The summed E-state index contributed by atoms with van der Waals surface area (Å²) in [7, 11) is 0. The molecular formula is C16H19ClN4O3. The number of hydrogen-bond acceptors (Lipinski definition) is 4. The van der Waals surface area contributed by atoms with Crippen molar-refractivity contribution in [1.82, 2.24) is 15.2 Å². The Balaban J connectivity index is 1.68. The minimum absolute atomic E-state index is 0.0636. The molecule has 8 heteroatoms. The number of halogens is 1. The first kappa shape index (κ1) is 16.7. The van der Waals surface area contributed by atoms with Gasteiger partial charge in [-0.3, -0.25) is 14.5 Å². The van der Waals surface area contributed by atoms with E-state index < -0.39 is 17.5 Å². The molecule has 7 nitrogen and oxygen atoms in total. The van der Waals surface area contributed by atoms with Crippen LogP contribution in [0.2, 0.25) is 5.02 Å². The van der Waals surface area contributed by atoms with Gasteiger partial charge in [-0.1, -0.05) is 31.4 Å². The van der Waals surface area contributed by atoms with E-state index in [1.807, 2.05) is 6.92 Å². The highest BCUT2D eigenvalue weighted by Crippen LogP contribution is 2.38. The van der Waals surface area contributed by atoms with Gasteiger partial charge in [-0.15, -0.1) is 0 Å². The summed E-state index contributed by atoms with van der Waals surface area (Å²) in [5.41, 5.74) is -0.853. The van der Waals surface area contributed by atoms with E-state index in [9.17, 15) is 14.4 Å². The molecule has 2 unspecified atom stereocenters. The first-order valence-corrected chi connectivity index (χ1v) is 8.36. The molecule has 24 heavy (non-hydrogen) atoms. The van der Waals surface area contributed by atoms with Gasteiger partial charge in [-0.2, -0.15) is 0 Å². The Morgan fingerprint density at radius 1 is 1.46 bits per heavy atom. The summed E-state index contributed by atoms with van der Waals surface area (Å²) in [6.07, 6.45) is 4.86. The minimum atomic E-state index is -0.853. The first-order chi connectivity index (χ1) is 11.4. The maximum Gasteiger partial charge on any atom is 0.325 e. The number of carbonyl (C=O) groups excluding carboxylic acids is 3. The van der Waals surface area contributed by atoms with Crippen LogP contribution in [0, 0.1) is 5.92 Å². The fourth-order valence-electron chi connectivity index (χ4n) is 3.41. The maximum absolute atomic E-state index is 12.8. The second kappa shape index (κ2) is 6.39. The Morgan fingerprint density at radius 2 is 2.25 bits per heavy atom. The summed E-state index contributed by atoms with van der Waals surface area (Å²) in [6, 6.07) is 2.64. The molecule has 1 aliphatic carbocycles. The zero-order valence-corrected chi connectivity index (χ0v) is 14.1. The normalized spacial score (nSPS) is 26.6. The highest BCUT2D eigenvalue weighted by Gasteiger charge is 2.55. The van der Waals surface area contributed by atoms with Crippen molar-refractivity contribution in [2.45, 2.75) is 38.1 Å². The van der Waals surface area contributed by atoms with Crippen LogP contribution < -0.4 is 10.6 Å². The topological polar surface area (TPSA) is 91.4 Å². The standard InChI is InChI=1S/C16H19ClN4O3/c1-10-4-2-3-7-16(10)14(23)21(15(24)20-16)9-13(22)19-12-6-5-11(17)8-18-12/h5-6,8,10H,2-4,7,9H2,1H3,(H,20,24)(H,18,19,22). The van der Waals surface area contributed by atoms with Crippen LogP contribution in [-0.4, -0.2) is 39.8 Å². The number of carbonyl (C=O) groups is 3. The van der Waals surface area contributed by atoms with Gasteiger partial charge in [0.1, 0.15) is 17.9 Å². The molecule has 2 fully saturated rings. The van der Waals surface area contributed by atoms with Gasteiger partial charge in [0.25, 0.3) is 5.91 Å². The van der Waals surface area contributed by atoms with Gasteiger partial charge >= 0.3 is 6.03 Å². The van der Waals surface area contributed by atoms with Crippen LogP contribution in [0.1, 0.15) is 32.6 Å². The van der Waals surface area contributed by atoms with Crippen molar-refractivity contribution in [2.75, 3.05) is 11.9 Å². The molecule has 1 aromatic rings. The number of amides is 4. The SMILES string of the molecule is CC1CCCCC12NC(=O)N(CC(=O)Nc1ccc(Cl)cn1)C2=O. The molecule has 128 valence electrons. The zero-order chi connectivity index (χ0) is 17.3. The second-order valence-electron chi connectivity index (χ2n) is 6.35. The van der Waals surface area contributed by atoms with E-state index in [1.165, 1.54) is 6.20 Å². The number of anilines is 1. The summed E-state index contributed by atoms with van der Waals surface area (Å²) in [5, 5.41) is 5.83. The molecule has 3 rings (SSSR count). The van der Waals surface area contributed by atoms with Crippen LogP contribution in [-0.2, 0) is 9.59 Å². The Morgan fingerprint density at radius 3 is 2.92 bits per heavy atom. The molecule has 1 aliphatic heterocycles. The Bertz CT molecular complexity index is 678. The third-order valence-electron chi connectivity index (χ3n) is 4.80. The number of hydrogen-bond donors (Lipinski definition) is 2. The number of pyridine rings is 1. The summed E-state index contributed by atoms with van der Waals surface area (Å²) in [6.45, 7) is 1.64. The fraction of sp³-hybridized carbons (Fsp3) is 0.500. The van der Waals surface area contributed by atoms with Crippen LogP contribution in [0.3, 0.4) is 0 Å². The lowest BCUT2D eigenvalue weighted by atomic mass is 9.73. The van der Waals surface area contributed by atoms with Crippen molar-refractivity contribution < 1.29 is 14.4 Å². The summed E-state index contributed by atoms with van der Waals surface area (Å²) in [4.78, 5) is 42.1. The van der Waals surface area contributed by atoms with Gasteiger partial charge < -0.3 is 10.6 Å². The van der Waals surface area contributed by atoms with E-state index in [0.29, 0.717) is 17.3 Å². The van der Waals surface area contributed by atoms with E-state index in [0.717, 1.165) is 24.2 Å². The first-order valence-electron chi connectivity index (χ1n) is 7.98. The van der Waals surface area contributed by atoms with Crippen LogP contribution in [0.25, 0.3) is 0 Å². The predicted molar refractivity (Wildman–Crippen MR) is 88.5 cm³/mol. The molecule has 1 spiro atoms. The number of nitrogens with zero attached hydrogens (tertiary/aromatic N) is 2. The van der Waals surface area contributed by atoms with Crippen LogP contribution in [0.15, 0.2) is 18.3 Å². The van der Waals surface area contributed by atoms with Gasteiger partial charge in [0, 0.05) is 6.20 Å². The highest BCUT2D eigenvalue weighted by atomic mass is 35.5. The molecule has 2 atom stereocenters. The molecule has 2 aliphatic rings. The lowest BCUT2D eigenvalue weighted by Crippen LogP contribution is -2.54. The molecule has 2 N–H and O–H groups in total. The number of aromatic nitrogens is 1. The number of urea groups is 1. The lowest BCUT2D eigenvalue weighted by Gasteiger charge is -2.36. The summed E-state index contributed by atoms with van der Waals surface area (Å²) < 4.78 is 0. The molecule has 1 saturated carbocycles. The molecule has 0 aromatic carbocycles. The quantitative estimate of drug-likeness (QED) is 0.817. The third kappa shape index (κ3) is 2.96. The van der Waals surface area contributed by atoms with Crippen LogP contribution in [0.4, 0.5) is 10.6 Å². The minimum Gasteiger partial charge on any atom is -0.323 e. The third-order valence-corrected chi connectivity index (χ3v) is 5.02. The van der Waals surface area contributed by atoms with Crippen molar-refractivity contribution in [1.29, 1.82) is 0 Å². The van der Waals surface area contributed by atoms with E-state index >= 15 is 0 Å². The van der Waals surface area contributed by atoms with Crippen molar-refractivity contribution in [3.05, 3.63) is 23.4 Å². The maximum atomic E-state index is 12.8. The number of imide groups is 1. The van der Waals surface area contributed by atoms with Gasteiger partial charge in [0.15, 0.2) is 0 Å². The summed E-state index contributed by atoms with van der Waals surface area (Å²) >= 11 is 5.74. The molecule has 2 heterocycles. The van der Waals surface area contributed by atoms with Gasteiger partial charge in [-0.05, 0) is 30.9 Å².